The molecule has 2 aromatic heterocycles. The molecular weight excluding hydrogens is 272 g/mol. The van der Waals surface area contributed by atoms with Crippen LogP contribution >= 0.6 is 11.3 Å². The van der Waals surface area contributed by atoms with Crippen LogP contribution in [0.2, 0.25) is 0 Å². The lowest BCUT2D eigenvalue weighted by Crippen LogP contribution is -2.11. The minimum Gasteiger partial charge on any atom is -0.459 e. The number of carbonyl (C=O) groups excluding carboxylic acids is 1. The van der Waals surface area contributed by atoms with Gasteiger partial charge in [0.05, 0.1) is 6.26 Å². The topological polar surface area (TPSA) is 55.1 Å². The van der Waals surface area contributed by atoms with E-state index in [2.05, 4.69) is 10.3 Å². The van der Waals surface area contributed by atoms with E-state index in [0.29, 0.717) is 10.9 Å². The lowest BCUT2D eigenvalue weighted by molar-refractivity contribution is 0.0997. The van der Waals surface area contributed by atoms with E-state index in [-0.39, 0.29) is 5.91 Å². The smallest absolute Gasteiger partial charge is 0.293 e. The summed E-state index contributed by atoms with van der Waals surface area (Å²) >= 11 is 1.43. The molecule has 0 saturated carbocycles. The van der Waals surface area contributed by atoms with Crippen molar-refractivity contribution in [2.45, 2.75) is 6.92 Å². The number of benzene rings is 1. The minimum atomic E-state index is -0.289. The van der Waals surface area contributed by atoms with Gasteiger partial charge in [-0.15, -0.1) is 11.3 Å². The molecule has 0 unspecified atom stereocenters. The van der Waals surface area contributed by atoms with E-state index < -0.39 is 0 Å². The number of thiazole rings is 1. The summed E-state index contributed by atoms with van der Waals surface area (Å²) in [5.74, 6) is 0.00672. The van der Waals surface area contributed by atoms with E-state index in [1.807, 2.05) is 37.3 Å². The van der Waals surface area contributed by atoms with Crippen molar-refractivity contribution in [1.29, 1.82) is 0 Å². The molecule has 0 aliphatic rings. The Morgan fingerprint density at radius 1 is 1.25 bits per heavy atom. The molecule has 0 aliphatic carbocycles. The van der Waals surface area contributed by atoms with Gasteiger partial charge in [0, 0.05) is 16.6 Å². The summed E-state index contributed by atoms with van der Waals surface area (Å²) in [6.07, 6.45) is 3.24. The highest BCUT2D eigenvalue weighted by Crippen LogP contribution is 2.26. The lowest BCUT2D eigenvalue weighted by atomic mass is 10.1. The molecule has 0 bridgehead atoms. The van der Waals surface area contributed by atoms with E-state index >= 15 is 0 Å². The predicted octanol–water partition coefficient (Wildman–Crippen LogP) is 3.96. The van der Waals surface area contributed by atoms with Crippen LogP contribution in [-0.4, -0.2) is 10.9 Å². The lowest BCUT2D eigenvalue weighted by Gasteiger charge is -2.02. The molecule has 0 atom stereocenters. The summed E-state index contributed by atoms with van der Waals surface area (Å²) in [7, 11) is 0. The Kier molecular flexibility index (Phi) is 3.35. The van der Waals surface area contributed by atoms with Crippen molar-refractivity contribution in [1.82, 2.24) is 4.98 Å². The second-order valence-electron chi connectivity index (χ2n) is 4.26. The van der Waals surface area contributed by atoms with Gasteiger partial charge in [-0.05, 0) is 18.6 Å². The van der Waals surface area contributed by atoms with Gasteiger partial charge in [-0.2, -0.15) is 0 Å². The Morgan fingerprint density at radius 2 is 2.05 bits per heavy atom. The van der Waals surface area contributed by atoms with E-state index in [0.717, 1.165) is 16.0 Å². The highest BCUT2D eigenvalue weighted by molar-refractivity contribution is 7.15. The van der Waals surface area contributed by atoms with Crippen LogP contribution in [0.3, 0.4) is 0 Å². The van der Waals surface area contributed by atoms with Gasteiger partial charge in [0.2, 0.25) is 0 Å². The van der Waals surface area contributed by atoms with E-state index in [1.165, 1.54) is 17.6 Å². The highest BCUT2D eigenvalue weighted by Gasteiger charge is 2.17. The van der Waals surface area contributed by atoms with E-state index in [4.69, 9.17) is 4.42 Å². The predicted molar refractivity (Wildman–Crippen MR) is 78.9 cm³/mol. The molecule has 1 amide bonds. The van der Waals surface area contributed by atoms with Crippen molar-refractivity contribution >= 4 is 22.4 Å². The first-order chi connectivity index (χ1) is 9.74. The van der Waals surface area contributed by atoms with Crippen molar-refractivity contribution < 1.29 is 9.21 Å². The maximum Gasteiger partial charge on any atom is 0.293 e. The molecule has 5 heteroatoms. The Bertz CT molecular complexity index is 731. The molecule has 1 aromatic carbocycles. The van der Waals surface area contributed by atoms with Crippen molar-refractivity contribution in [2.24, 2.45) is 0 Å². The van der Waals surface area contributed by atoms with Crippen LogP contribution in [0.25, 0.3) is 11.1 Å². The zero-order chi connectivity index (χ0) is 13.9. The Morgan fingerprint density at radius 3 is 2.75 bits per heavy atom. The SMILES string of the molecule is Cc1cnc(NC(=O)c2occc2-c2ccccc2)s1. The first-order valence-electron chi connectivity index (χ1n) is 6.11. The summed E-state index contributed by atoms with van der Waals surface area (Å²) in [4.78, 5) is 17.4. The Labute approximate surface area is 120 Å². The fourth-order valence-corrected chi connectivity index (χ4v) is 2.56. The normalized spacial score (nSPS) is 10.4. The molecule has 2 heterocycles. The summed E-state index contributed by atoms with van der Waals surface area (Å²) in [5, 5.41) is 3.32. The molecule has 3 rings (SSSR count). The van der Waals surface area contributed by atoms with Gasteiger partial charge in [0.25, 0.3) is 5.91 Å². The first-order valence-corrected chi connectivity index (χ1v) is 6.92. The van der Waals surface area contributed by atoms with Crippen molar-refractivity contribution in [2.75, 3.05) is 5.32 Å². The zero-order valence-electron chi connectivity index (χ0n) is 10.8. The standard InChI is InChI=1S/C15H12N2O2S/c1-10-9-16-15(20-10)17-14(18)13-12(7-8-19-13)11-5-3-2-4-6-11/h2-9H,1H3,(H,16,17,18). The third kappa shape index (κ3) is 2.48. The molecule has 0 saturated heterocycles. The number of rotatable bonds is 3. The quantitative estimate of drug-likeness (QED) is 0.792. The second-order valence-corrected chi connectivity index (χ2v) is 5.49. The van der Waals surface area contributed by atoms with Crippen molar-refractivity contribution in [3.05, 3.63) is 59.5 Å². The molecule has 0 radical (unpaired) electrons. The number of anilines is 1. The van der Waals surface area contributed by atoms with Gasteiger partial charge >= 0.3 is 0 Å². The second kappa shape index (κ2) is 5.30. The van der Waals surface area contributed by atoms with E-state index in [1.54, 1.807) is 12.3 Å². The third-order valence-electron chi connectivity index (χ3n) is 2.80. The molecule has 100 valence electrons. The number of hydrogen-bond acceptors (Lipinski definition) is 4. The van der Waals surface area contributed by atoms with Gasteiger partial charge < -0.3 is 4.42 Å². The molecule has 0 fully saturated rings. The number of hydrogen-bond donors (Lipinski definition) is 1. The molecule has 0 spiro atoms. The van der Waals surface area contributed by atoms with Gasteiger partial charge in [-0.1, -0.05) is 30.3 Å². The number of carbonyl (C=O) groups is 1. The molecular formula is C15H12N2O2S. The largest absolute Gasteiger partial charge is 0.459 e. The number of furan rings is 1. The van der Waals surface area contributed by atoms with Crippen LogP contribution in [0.4, 0.5) is 5.13 Å². The van der Waals surface area contributed by atoms with Gasteiger partial charge in [0.15, 0.2) is 10.9 Å². The fraction of sp³-hybridized carbons (Fsp3) is 0.0667. The van der Waals surface area contributed by atoms with Crippen molar-refractivity contribution in [3.63, 3.8) is 0 Å². The molecule has 1 N–H and O–H groups in total. The number of nitrogens with one attached hydrogen (secondary N) is 1. The number of nitrogens with zero attached hydrogens (tertiary/aromatic N) is 1. The van der Waals surface area contributed by atoms with Gasteiger partial charge in [0.1, 0.15) is 0 Å². The average Bonchev–Trinajstić information content (AvgIpc) is 3.09. The average molecular weight is 284 g/mol. The van der Waals surface area contributed by atoms with E-state index in [9.17, 15) is 4.79 Å². The van der Waals surface area contributed by atoms with Crippen LogP contribution in [0.1, 0.15) is 15.4 Å². The first kappa shape index (κ1) is 12.6. The van der Waals surface area contributed by atoms with Crippen LogP contribution in [-0.2, 0) is 0 Å². The third-order valence-corrected chi connectivity index (χ3v) is 3.63. The van der Waals surface area contributed by atoms with Gasteiger partial charge in [-0.25, -0.2) is 4.98 Å². The van der Waals surface area contributed by atoms with Gasteiger partial charge in [-0.3, -0.25) is 10.1 Å². The number of aryl methyl sites for hydroxylation is 1. The fourth-order valence-electron chi connectivity index (χ4n) is 1.90. The zero-order valence-corrected chi connectivity index (χ0v) is 11.6. The molecule has 3 aromatic rings. The number of aromatic nitrogens is 1. The number of amides is 1. The van der Waals surface area contributed by atoms with Crippen LogP contribution in [0.15, 0.2) is 53.3 Å². The Hall–Kier alpha value is -2.40. The summed E-state index contributed by atoms with van der Waals surface area (Å²) in [5.41, 5.74) is 1.72. The van der Waals surface area contributed by atoms with Crippen LogP contribution in [0, 0.1) is 6.92 Å². The Balaban J connectivity index is 1.88. The highest BCUT2D eigenvalue weighted by atomic mass is 32.1. The summed E-state index contributed by atoms with van der Waals surface area (Å²) in [6.45, 7) is 1.94. The summed E-state index contributed by atoms with van der Waals surface area (Å²) in [6, 6.07) is 11.5. The molecule has 0 aliphatic heterocycles. The van der Waals surface area contributed by atoms with Crippen molar-refractivity contribution in [3.8, 4) is 11.1 Å². The van der Waals surface area contributed by atoms with Crippen LogP contribution < -0.4 is 5.32 Å². The minimum absolute atomic E-state index is 0.289. The maximum atomic E-state index is 12.2. The van der Waals surface area contributed by atoms with Crippen LogP contribution in [0.5, 0.6) is 0 Å². The molecule has 20 heavy (non-hydrogen) atoms. The monoisotopic (exact) mass is 284 g/mol. The maximum absolute atomic E-state index is 12.2. The summed E-state index contributed by atoms with van der Waals surface area (Å²) < 4.78 is 5.32. The molecule has 4 nitrogen and oxygen atoms in total.